The van der Waals surface area contributed by atoms with Gasteiger partial charge in [0.15, 0.2) is 9.84 Å². The summed E-state index contributed by atoms with van der Waals surface area (Å²) in [5.41, 5.74) is 0.219. The number of amides is 2. The molecule has 0 radical (unpaired) electrons. The monoisotopic (exact) mass is 448 g/mol. The molecule has 2 atom stereocenters. The van der Waals surface area contributed by atoms with Crippen LogP contribution < -0.4 is 4.31 Å². The molecule has 154 valence electrons. The molecule has 1 aromatic rings. The number of hydrogen-bond acceptors (Lipinski definition) is 6. The Morgan fingerprint density at radius 3 is 2.39 bits per heavy atom. The summed E-state index contributed by atoms with van der Waals surface area (Å²) in [5, 5.41) is 0.00403. The molecule has 2 fully saturated rings. The van der Waals surface area contributed by atoms with Crippen molar-refractivity contribution >= 4 is 49.0 Å². The summed E-state index contributed by atoms with van der Waals surface area (Å²) < 4.78 is 48.7. The number of halogens is 1. The first-order chi connectivity index (χ1) is 13.0. The Bertz CT molecular complexity index is 1040. The average molecular weight is 449 g/mol. The summed E-state index contributed by atoms with van der Waals surface area (Å²) >= 11 is 6.25. The van der Waals surface area contributed by atoms with Gasteiger partial charge in [-0.3, -0.25) is 9.59 Å². The first kappa shape index (κ1) is 21.1. The number of anilines is 1. The molecule has 2 aliphatic heterocycles. The van der Waals surface area contributed by atoms with Gasteiger partial charge in [0.2, 0.25) is 15.9 Å². The highest BCUT2D eigenvalue weighted by molar-refractivity contribution is 7.94. The maximum atomic E-state index is 12.9. The van der Waals surface area contributed by atoms with Crippen LogP contribution in [-0.4, -0.2) is 63.4 Å². The summed E-state index contributed by atoms with van der Waals surface area (Å²) in [4.78, 5) is 26.6. The lowest BCUT2D eigenvalue weighted by Gasteiger charge is -2.27. The molecule has 3 rings (SSSR count). The van der Waals surface area contributed by atoms with Crippen LogP contribution in [0.15, 0.2) is 18.2 Å². The highest BCUT2D eigenvalue weighted by atomic mass is 35.5. The van der Waals surface area contributed by atoms with Gasteiger partial charge in [0.1, 0.15) is 0 Å². The van der Waals surface area contributed by atoms with Crippen molar-refractivity contribution in [1.29, 1.82) is 0 Å². The smallest absolute Gasteiger partial charge is 0.255 e. The van der Waals surface area contributed by atoms with E-state index < -0.39 is 43.6 Å². The molecule has 0 aliphatic carbocycles. The summed E-state index contributed by atoms with van der Waals surface area (Å²) in [5.74, 6) is -1.93. The van der Waals surface area contributed by atoms with E-state index in [0.717, 1.165) is 4.31 Å². The fourth-order valence-corrected chi connectivity index (χ4v) is 7.43. The number of sulfone groups is 1. The van der Waals surface area contributed by atoms with E-state index in [0.29, 0.717) is 13.0 Å². The van der Waals surface area contributed by atoms with Crippen LogP contribution in [0.25, 0.3) is 0 Å². The number of sulfonamides is 1. The van der Waals surface area contributed by atoms with Gasteiger partial charge in [0.25, 0.3) is 5.91 Å². The SMILES string of the molecule is CCN(C(=O)c1ccc(N2C(=O)C(C)CS2(=O)=O)cc1Cl)C1CCS(=O)(=O)C1. The molecule has 0 aromatic heterocycles. The zero-order chi connectivity index (χ0) is 20.9. The van der Waals surface area contributed by atoms with Crippen LogP contribution in [0.3, 0.4) is 0 Å². The Hall–Kier alpha value is -1.65. The number of carbonyl (C=O) groups is 2. The van der Waals surface area contributed by atoms with Crippen molar-refractivity contribution in [2.24, 2.45) is 5.92 Å². The van der Waals surface area contributed by atoms with Crippen molar-refractivity contribution in [3.63, 3.8) is 0 Å². The van der Waals surface area contributed by atoms with Gasteiger partial charge in [-0.2, -0.15) is 0 Å². The van der Waals surface area contributed by atoms with E-state index >= 15 is 0 Å². The molecule has 2 unspecified atom stereocenters. The minimum atomic E-state index is -3.77. The molecule has 0 bridgehead atoms. The molecular formula is C17H21ClN2O6S2. The first-order valence-corrected chi connectivity index (χ1v) is 12.7. The number of rotatable bonds is 4. The fraction of sp³-hybridized carbons (Fsp3) is 0.529. The van der Waals surface area contributed by atoms with Gasteiger partial charge in [-0.15, -0.1) is 0 Å². The van der Waals surface area contributed by atoms with Crippen molar-refractivity contribution in [2.75, 3.05) is 28.1 Å². The predicted octanol–water partition coefficient (Wildman–Crippen LogP) is 1.30. The van der Waals surface area contributed by atoms with E-state index in [4.69, 9.17) is 11.6 Å². The lowest BCUT2D eigenvalue weighted by atomic mass is 10.1. The number of hydrogen-bond donors (Lipinski definition) is 0. The highest BCUT2D eigenvalue weighted by Crippen LogP contribution is 2.32. The van der Waals surface area contributed by atoms with Crippen LogP contribution in [0, 0.1) is 5.92 Å². The molecule has 0 saturated carbocycles. The zero-order valence-corrected chi connectivity index (χ0v) is 17.8. The maximum Gasteiger partial charge on any atom is 0.255 e. The molecule has 28 heavy (non-hydrogen) atoms. The quantitative estimate of drug-likeness (QED) is 0.686. The highest BCUT2D eigenvalue weighted by Gasteiger charge is 2.42. The second-order valence-electron chi connectivity index (χ2n) is 7.09. The van der Waals surface area contributed by atoms with Gasteiger partial charge in [-0.1, -0.05) is 18.5 Å². The lowest BCUT2D eigenvalue weighted by Crippen LogP contribution is -2.41. The van der Waals surface area contributed by atoms with Crippen molar-refractivity contribution in [1.82, 2.24) is 4.90 Å². The molecule has 11 heteroatoms. The standard InChI is InChI=1S/C17H21ClN2O6S2/c1-3-19(13-6-7-27(23,24)10-13)17(22)14-5-4-12(8-15(14)18)20-16(21)11(2)9-28(20,25)26/h4-5,8,11,13H,3,6-7,9-10H2,1-2H3. The minimum absolute atomic E-state index is 0.00403. The van der Waals surface area contributed by atoms with Crippen molar-refractivity contribution in [3.05, 3.63) is 28.8 Å². The lowest BCUT2D eigenvalue weighted by molar-refractivity contribution is -0.119. The van der Waals surface area contributed by atoms with Gasteiger partial charge >= 0.3 is 0 Å². The largest absolute Gasteiger partial charge is 0.335 e. The first-order valence-electron chi connectivity index (χ1n) is 8.84. The Labute approximate surface area is 169 Å². The summed E-state index contributed by atoms with van der Waals surface area (Å²) in [6, 6.07) is 3.60. The van der Waals surface area contributed by atoms with Crippen LogP contribution in [0.4, 0.5) is 5.69 Å². The van der Waals surface area contributed by atoms with Crippen molar-refractivity contribution < 1.29 is 26.4 Å². The van der Waals surface area contributed by atoms with E-state index in [2.05, 4.69) is 0 Å². The third-order valence-electron chi connectivity index (χ3n) is 5.03. The molecule has 0 spiro atoms. The maximum absolute atomic E-state index is 12.9. The third kappa shape index (κ3) is 3.77. The van der Waals surface area contributed by atoms with Crippen LogP contribution in [-0.2, 0) is 24.7 Å². The number of carbonyl (C=O) groups excluding carboxylic acids is 2. The summed E-state index contributed by atoms with van der Waals surface area (Å²) in [6.45, 7) is 3.60. The molecule has 2 heterocycles. The second kappa shape index (κ2) is 7.31. The van der Waals surface area contributed by atoms with Gasteiger partial charge in [0.05, 0.1) is 39.4 Å². The van der Waals surface area contributed by atoms with Crippen LogP contribution >= 0.6 is 11.6 Å². The average Bonchev–Trinajstić information content (AvgIpc) is 3.03. The summed E-state index contributed by atoms with van der Waals surface area (Å²) in [7, 11) is -6.93. The van der Waals surface area contributed by atoms with Gasteiger partial charge in [-0.05, 0) is 31.5 Å². The number of nitrogens with zero attached hydrogens (tertiary/aromatic N) is 2. The Morgan fingerprint density at radius 1 is 1.25 bits per heavy atom. The molecule has 1 aromatic carbocycles. The van der Waals surface area contributed by atoms with Crippen LogP contribution in [0.2, 0.25) is 5.02 Å². The molecule has 0 N–H and O–H groups in total. The zero-order valence-electron chi connectivity index (χ0n) is 15.5. The third-order valence-corrected chi connectivity index (χ3v) is 8.96. The topological polar surface area (TPSA) is 109 Å². The van der Waals surface area contributed by atoms with E-state index in [1.807, 2.05) is 0 Å². The van der Waals surface area contributed by atoms with Gasteiger partial charge < -0.3 is 4.90 Å². The molecular weight excluding hydrogens is 428 g/mol. The Morgan fingerprint density at radius 2 is 1.93 bits per heavy atom. The second-order valence-corrected chi connectivity index (χ2v) is 11.6. The Kier molecular flexibility index (Phi) is 5.50. The van der Waals surface area contributed by atoms with Gasteiger partial charge in [0, 0.05) is 12.6 Å². The summed E-state index contributed by atoms with van der Waals surface area (Å²) in [6.07, 6.45) is 0.371. The van der Waals surface area contributed by atoms with Crippen LogP contribution in [0.5, 0.6) is 0 Å². The van der Waals surface area contributed by atoms with Crippen LogP contribution in [0.1, 0.15) is 30.6 Å². The predicted molar refractivity (Wildman–Crippen MR) is 106 cm³/mol. The molecule has 2 aliphatic rings. The van der Waals surface area contributed by atoms with E-state index in [1.54, 1.807) is 6.92 Å². The Balaban J connectivity index is 1.90. The number of benzene rings is 1. The van der Waals surface area contributed by atoms with E-state index in [9.17, 15) is 26.4 Å². The normalized spacial score (nSPS) is 25.8. The molecule has 2 saturated heterocycles. The van der Waals surface area contributed by atoms with E-state index in [-0.39, 0.29) is 33.5 Å². The fourth-order valence-electron chi connectivity index (χ4n) is 3.63. The minimum Gasteiger partial charge on any atom is -0.335 e. The van der Waals surface area contributed by atoms with E-state index in [1.165, 1.54) is 30.0 Å². The molecule has 8 nitrogen and oxygen atoms in total. The van der Waals surface area contributed by atoms with Crippen molar-refractivity contribution in [3.8, 4) is 0 Å². The van der Waals surface area contributed by atoms with Gasteiger partial charge in [-0.25, -0.2) is 21.1 Å². The molecule has 2 amide bonds. The van der Waals surface area contributed by atoms with Crippen molar-refractivity contribution in [2.45, 2.75) is 26.3 Å².